The smallest absolute Gasteiger partial charge is 0.0769 e. The van der Waals surface area contributed by atoms with E-state index < -0.39 is 0 Å². The minimum Gasteiger partial charge on any atom is -0.308 e. The van der Waals surface area contributed by atoms with E-state index in [1.807, 2.05) is 12.1 Å². The van der Waals surface area contributed by atoms with Crippen LogP contribution < -0.4 is 5.32 Å². The molecule has 4 nitrogen and oxygen atoms in total. The molecule has 0 spiro atoms. The van der Waals surface area contributed by atoms with Crippen molar-refractivity contribution in [1.82, 2.24) is 20.4 Å². The first-order valence-corrected chi connectivity index (χ1v) is 6.14. The SMILES string of the molecule is c1cnnc(CNC2CCN3CCC2C3)c1. The number of nitrogens with one attached hydrogen (secondary N) is 1. The summed E-state index contributed by atoms with van der Waals surface area (Å²) < 4.78 is 0. The molecule has 2 aliphatic rings. The molecule has 3 rings (SSSR count). The number of aromatic nitrogens is 2. The van der Waals surface area contributed by atoms with E-state index in [1.54, 1.807) is 6.20 Å². The average molecular weight is 218 g/mol. The van der Waals surface area contributed by atoms with Crippen LogP contribution in [0.3, 0.4) is 0 Å². The summed E-state index contributed by atoms with van der Waals surface area (Å²) in [5, 5.41) is 11.6. The number of piperidine rings is 1. The maximum Gasteiger partial charge on any atom is 0.0769 e. The third-order valence-corrected chi connectivity index (χ3v) is 3.81. The summed E-state index contributed by atoms with van der Waals surface area (Å²) in [6, 6.07) is 4.66. The summed E-state index contributed by atoms with van der Waals surface area (Å²) in [4.78, 5) is 2.57. The van der Waals surface area contributed by atoms with Crippen molar-refractivity contribution < 1.29 is 0 Å². The van der Waals surface area contributed by atoms with Crippen molar-refractivity contribution >= 4 is 0 Å². The van der Waals surface area contributed by atoms with Crippen molar-refractivity contribution in [2.45, 2.75) is 25.4 Å². The average Bonchev–Trinajstić information content (AvgIpc) is 2.72. The molecular formula is C12H18N4. The lowest BCUT2D eigenvalue weighted by Crippen LogP contribution is -2.43. The van der Waals surface area contributed by atoms with E-state index in [0.717, 1.165) is 18.2 Å². The fourth-order valence-corrected chi connectivity index (χ4v) is 2.88. The standard InChI is InChI=1S/C12H18N4/c1-2-11(15-14-5-1)8-13-12-4-7-16-6-3-10(12)9-16/h1-2,5,10,12-13H,3-4,6-9H2. The summed E-state index contributed by atoms with van der Waals surface area (Å²) in [5.74, 6) is 0.852. The Kier molecular flexibility index (Phi) is 2.84. The van der Waals surface area contributed by atoms with Crippen molar-refractivity contribution in [3.8, 4) is 0 Å². The molecule has 2 saturated heterocycles. The molecule has 0 radical (unpaired) electrons. The second kappa shape index (κ2) is 4.47. The molecule has 2 aliphatic heterocycles. The van der Waals surface area contributed by atoms with Gasteiger partial charge in [0.05, 0.1) is 5.69 Å². The van der Waals surface area contributed by atoms with Gasteiger partial charge in [-0.3, -0.25) is 0 Å². The van der Waals surface area contributed by atoms with Gasteiger partial charge in [0.1, 0.15) is 0 Å². The van der Waals surface area contributed by atoms with Crippen molar-refractivity contribution in [2.24, 2.45) is 5.92 Å². The van der Waals surface area contributed by atoms with Crippen molar-refractivity contribution in [3.63, 3.8) is 0 Å². The van der Waals surface area contributed by atoms with Crippen molar-refractivity contribution in [1.29, 1.82) is 0 Å². The third kappa shape index (κ3) is 2.08. The molecule has 0 amide bonds. The Labute approximate surface area is 96.1 Å². The van der Waals surface area contributed by atoms with Crippen LogP contribution in [0.4, 0.5) is 0 Å². The van der Waals surface area contributed by atoms with E-state index in [1.165, 1.54) is 32.5 Å². The Hall–Kier alpha value is -1.00. The van der Waals surface area contributed by atoms with Crippen molar-refractivity contribution in [2.75, 3.05) is 19.6 Å². The highest BCUT2D eigenvalue weighted by Crippen LogP contribution is 2.27. The number of nitrogens with zero attached hydrogens (tertiary/aromatic N) is 3. The topological polar surface area (TPSA) is 41.1 Å². The Morgan fingerprint density at radius 3 is 3.19 bits per heavy atom. The van der Waals surface area contributed by atoms with E-state index >= 15 is 0 Å². The van der Waals surface area contributed by atoms with Crippen LogP contribution in [0.5, 0.6) is 0 Å². The molecule has 3 heterocycles. The normalized spacial score (nSPS) is 32.9. The molecule has 0 aliphatic carbocycles. The van der Waals surface area contributed by atoms with Gasteiger partial charge >= 0.3 is 0 Å². The van der Waals surface area contributed by atoms with Gasteiger partial charge < -0.3 is 10.2 Å². The molecule has 0 saturated carbocycles. The van der Waals surface area contributed by atoms with Gasteiger partial charge in [0.25, 0.3) is 0 Å². The molecular weight excluding hydrogens is 200 g/mol. The Morgan fingerprint density at radius 1 is 1.38 bits per heavy atom. The molecule has 3 atom stereocenters. The van der Waals surface area contributed by atoms with Crippen molar-refractivity contribution in [3.05, 3.63) is 24.0 Å². The Morgan fingerprint density at radius 2 is 2.31 bits per heavy atom. The predicted octanol–water partition coefficient (Wildman–Crippen LogP) is 0.660. The highest BCUT2D eigenvalue weighted by molar-refractivity contribution is 5.00. The highest BCUT2D eigenvalue weighted by atomic mass is 15.2. The second-order valence-electron chi connectivity index (χ2n) is 4.84. The van der Waals surface area contributed by atoms with E-state index in [4.69, 9.17) is 0 Å². The number of hydrogen-bond donors (Lipinski definition) is 1. The van der Waals surface area contributed by atoms with Gasteiger partial charge in [-0.2, -0.15) is 10.2 Å². The number of hydrogen-bond acceptors (Lipinski definition) is 4. The molecule has 1 N–H and O–H groups in total. The molecule has 16 heavy (non-hydrogen) atoms. The Balaban J connectivity index is 1.55. The van der Waals surface area contributed by atoms with Crippen LogP contribution in [0.15, 0.2) is 18.3 Å². The first-order chi connectivity index (χ1) is 7.92. The minimum atomic E-state index is 0.681. The third-order valence-electron chi connectivity index (χ3n) is 3.81. The number of rotatable bonds is 3. The quantitative estimate of drug-likeness (QED) is 0.809. The van der Waals surface area contributed by atoms with Gasteiger partial charge in [-0.25, -0.2) is 0 Å². The van der Waals surface area contributed by atoms with Crippen LogP contribution in [-0.2, 0) is 6.54 Å². The van der Waals surface area contributed by atoms with Gasteiger partial charge in [0, 0.05) is 25.3 Å². The predicted molar refractivity (Wildman–Crippen MR) is 61.8 cm³/mol. The monoisotopic (exact) mass is 218 g/mol. The lowest BCUT2D eigenvalue weighted by atomic mass is 9.94. The fourth-order valence-electron chi connectivity index (χ4n) is 2.88. The molecule has 2 fully saturated rings. The summed E-state index contributed by atoms with van der Waals surface area (Å²) in [6.07, 6.45) is 4.36. The molecule has 3 unspecified atom stereocenters. The van der Waals surface area contributed by atoms with Crippen LogP contribution in [0, 0.1) is 5.92 Å². The van der Waals surface area contributed by atoms with Gasteiger partial charge in [-0.05, 0) is 44.0 Å². The second-order valence-corrected chi connectivity index (χ2v) is 4.84. The van der Waals surface area contributed by atoms with Gasteiger partial charge in [0.15, 0.2) is 0 Å². The number of fused-ring (bicyclic) bond motifs is 2. The maximum atomic E-state index is 4.10. The van der Waals surface area contributed by atoms with Crippen LogP contribution in [0.25, 0.3) is 0 Å². The van der Waals surface area contributed by atoms with E-state index in [2.05, 4.69) is 20.4 Å². The lowest BCUT2D eigenvalue weighted by molar-refractivity contribution is 0.220. The summed E-state index contributed by atoms with van der Waals surface area (Å²) in [6.45, 7) is 4.70. The molecule has 1 aromatic heterocycles. The zero-order chi connectivity index (χ0) is 10.8. The van der Waals surface area contributed by atoms with Crippen LogP contribution in [0.1, 0.15) is 18.5 Å². The van der Waals surface area contributed by atoms with Gasteiger partial charge in [-0.15, -0.1) is 0 Å². The summed E-state index contributed by atoms with van der Waals surface area (Å²) >= 11 is 0. The van der Waals surface area contributed by atoms with Gasteiger partial charge in [-0.1, -0.05) is 0 Å². The fraction of sp³-hybridized carbons (Fsp3) is 0.667. The first kappa shape index (κ1) is 10.2. The van der Waals surface area contributed by atoms with E-state index in [0.29, 0.717) is 6.04 Å². The molecule has 1 aromatic rings. The Bertz CT molecular complexity index is 340. The minimum absolute atomic E-state index is 0.681. The van der Waals surface area contributed by atoms with Gasteiger partial charge in [0.2, 0.25) is 0 Å². The maximum absolute atomic E-state index is 4.10. The molecule has 0 aromatic carbocycles. The zero-order valence-electron chi connectivity index (χ0n) is 9.47. The van der Waals surface area contributed by atoms with E-state index in [-0.39, 0.29) is 0 Å². The lowest BCUT2D eigenvalue weighted by Gasteiger charge is -2.30. The largest absolute Gasteiger partial charge is 0.308 e. The van der Waals surface area contributed by atoms with Crippen LogP contribution in [-0.4, -0.2) is 40.8 Å². The summed E-state index contributed by atoms with van der Waals surface area (Å²) in [7, 11) is 0. The molecule has 86 valence electrons. The zero-order valence-corrected chi connectivity index (χ0v) is 9.47. The van der Waals surface area contributed by atoms with E-state index in [9.17, 15) is 0 Å². The van der Waals surface area contributed by atoms with Crippen LogP contribution >= 0.6 is 0 Å². The molecule has 2 bridgehead atoms. The highest BCUT2D eigenvalue weighted by Gasteiger charge is 2.33. The summed E-state index contributed by atoms with van der Waals surface area (Å²) in [5.41, 5.74) is 1.04. The van der Waals surface area contributed by atoms with Crippen LogP contribution in [0.2, 0.25) is 0 Å². The first-order valence-electron chi connectivity index (χ1n) is 6.14. The molecule has 4 heteroatoms.